The Kier molecular flexibility index (Phi) is 5.34. The molecule has 0 unspecified atom stereocenters. The van der Waals surface area contributed by atoms with Crippen LogP contribution in [0.15, 0.2) is 48.8 Å². The van der Waals surface area contributed by atoms with E-state index in [1.807, 2.05) is 32.3 Å². The van der Waals surface area contributed by atoms with Gasteiger partial charge in [0.15, 0.2) is 5.65 Å². The fraction of sp³-hybridized carbons (Fsp3) is 0.269. The fourth-order valence-corrected chi connectivity index (χ4v) is 4.52. The Hall–Kier alpha value is -3.71. The quantitative estimate of drug-likeness (QED) is 0.504. The second-order valence-corrected chi connectivity index (χ2v) is 8.77. The van der Waals surface area contributed by atoms with Crippen LogP contribution < -0.4 is 10.6 Å². The van der Waals surface area contributed by atoms with Crippen molar-refractivity contribution < 1.29 is 4.79 Å². The van der Waals surface area contributed by atoms with Crippen molar-refractivity contribution in [2.24, 2.45) is 5.73 Å². The van der Waals surface area contributed by atoms with Gasteiger partial charge in [0, 0.05) is 54.8 Å². The molecule has 33 heavy (non-hydrogen) atoms. The highest BCUT2D eigenvalue weighted by Gasteiger charge is 2.17. The van der Waals surface area contributed by atoms with E-state index in [9.17, 15) is 4.79 Å². The van der Waals surface area contributed by atoms with E-state index in [0.29, 0.717) is 5.56 Å². The molecule has 1 amide bonds. The highest BCUT2D eigenvalue weighted by atomic mass is 16.1. The normalized spacial score (nSPS) is 14.7. The molecular weight excluding hydrogens is 412 g/mol. The summed E-state index contributed by atoms with van der Waals surface area (Å²) >= 11 is 0. The predicted octanol–water partition coefficient (Wildman–Crippen LogP) is 3.76. The lowest BCUT2D eigenvalue weighted by atomic mass is 9.94. The number of nitrogens with two attached hydrogens (primary N) is 1. The van der Waals surface area contributed by atoms with Crippen LogP contribution in [0, 0.1) is 13.8 Å². The maximum atomic E-state index is 11.7. The van der Waals surface area contributed by atoms with Gasteiger partial charge in [-0.1, -0.05) is 18.2 Å². The molecule has 4 aromatic rings. The number of hydrogen-bond donors (Lipinski definition) is 2. The molecule has 2 aromatic heterocycles. The van der Waals surface area contributed by atoms with Crippen molar-refractivity contribution in [1.82, 2.24) is 19.9 Å². The molecule has 1 aliphatic heterocycles. The summed E-state index contributed by atoms with van der Waals surface area (Å²) in [7, 11) is 2.17. The topological polar surface area (TPSA) is 91.1 Å². The van der Waals surface area contributed by atoms with Gasteiger partial charge in [0.2, 0.25) is 5.91 Å². The first kappa shape index (κ1) is 21.2. The number of nitrogens with zero attached hydrogens (tertiary/aromatic N) is 4. The van der Waals surface area contributed by atoms with Crippen LogP contribution in [-0.4, -0.2) is 59.0 Å². The van der Waals surface area contributed by atoms with Gasteiger partial charge in [0.05, 0.1) is 11.9 Å². The van der Waals surface area contributed by atoms with Crippen molar-refractivity contribution in [2.45, 2.75) is 13.8 Å². The summed E-state index contributed by atoms with van der Waals surface area (Å²) in [5.74, 6) is -0.414. The zero-order chi connectivity index (χ0) is 23.1. The standard InChI is InChI=1S/C26H28N6O/c1-16-17(2)21(25(27)33)9-8-20(16)22-14-28-26-24(22)30-23(15-29-26)18-4-6-19(7-5-18)32-12-10-31(3)11-13-32/h4-9,14-15H,10-13H2,1-3H3,(H2,27,33)(H,28,29). The number of amides is 1. The largest absolute Gasteiger partial charge is 0.369 e. The number of hydrogen-bond acceptors (Lipinski definition) is 5. The first-order valence-corrected chi connectivity index (χ1v) is 11.2. The Balaban J connectivity index is 1.49. The highest BCUT2D eigenvalue weighted by Crippen LogP contribution is 2.33. The van der Waals surface area contributed by atoms with Crippen LogP contribution in [0.3, 0.4) is 0 Å². The number of carbonyl (C=O) groups is 1. The molecule has 2 aromatic carbocycles. The molecule has 1 aliphatic rings. The number of piperazine rings is 1. The molecule has 0 saturated carbocycles. The number of H-pyrrole nitrogens is 1. The van der Waals surface area contributed by atoms with E-state index in [1.54, 1.807) is 6.07 Å². The van der Waals surface area contributed by atoms with Crippen molar-refractivity contribution in [2.75, 3.05) is 38.1 Å². The first-order valence-electron chi connectivity index (χ1n) is 11.2. The van der Waals surface area contributed by atoms with Crippen molar-refractivity contribution in [3.8, 4) is 22.4 Å². The Morgan fingerprint density at radius 3 is 2.39 bits per heavy atom. The smallest absolute Gasteiger partial charge is 0.248 e. The minimum Gasteiger partial charge on any atom is -0.369 e. The van der Waals surface area contributed by atoms with Crippen LogP contribution >= 0.6 is 0 Å². The van der Waals surface area contributed by atoms with E-state index in [0.717, 1.165) is 70.9 Å². The summed E-state index contributed by atoms with van der Waals surface area (Å²) in [5, 5.41) is 0. The van der Waals surface area contributed by atoms with Crippen molar-refractivity contribution >= 4 is 22.8 Å². The highest BCUT2D eigenvalue weighted by molar-refractivity contribution is 5.97. The number of benzene rings is 2. The lowest BCUT2D eigenvalue weighted by Crippen LogP contribution is -2.44. The number of likely N-dealkylation sites (N-methyl/N-ethyl adjacent to an activating group) is 1. The van der Waals surface area contributed by atoms with Crippen molar-refractivity contribution in [3.63, 3.8) is 0 Å². The summed E-state index contributed by atoms with van der Waals surface area (Å²) < 4.78 is 0. The molecule has 0 bridgehead atoms. The van der Waals surface area contributed by atoms with Gasteiger partial charge in [0.1, 0.15) is 5.52 Å². The van der Waals surface area contributed by atoms with Crippen molar-refractivity contribution in [3.05, 3.63) is 65.5 Å². The van der Waals surface area contributed by atoms with Gasteiger partial charge in [-0.3, -0.25) is 4.79 Å². The van der Waals surface area contributed by atoms with Gasteiger partial charge in [-0.2, -0.15) is 0 Å². The molecule has 0 radical (unpaired) electrons. The maximum absolute atomic E-state index is 11.7. The van der Waals surface area contributed by atoms with Gasteiger partial charge in [-0.15, -0.1) is 0 Å². The Morgan fingerprint density at radius 1 is 0.970 bits per heavy atom. The van der Waals surface area contributed by atoms with E-state index in [4.69, 9.17) is 10.7 Å². The summed E-state index contributed by atoms with van der Waals surface area (Å²) in [6.07, 6.45) is 3.73. The molecule has 1 saturated heterocycles. The molecular formula is C26H28N6O. The summed E-state index contributed by atoms with van der Waals surface area (Å²) in [4.78, 5) is 29.3. The third-order valence-corrected chi connectivity index (χ3v) is 6.76. The molecule has 0 aliphatic carbocycles. The van der Waals surface area contributed by atoms with Gasteiger partial charge >= 0.3 is 0 Å². The van der Waals surface area contributed by atoms with Crippen LogP contribution in [-0.2, 0) is 0 Å². The van der Waals surface area contributed by atoms with Gasteiger partial charge < -0.3 is 20.5 Å². The van der Waals surface area contributed by atoms with Crippen molar-refractivity contribution in [1.29, 1.82) is 0 Å². The van der Waals surface area contributed by atoms with Crippen LogP contribution in [0.5, 0.6) is 0 Å². The third kappa shape index (κ3) is 3.85. The Bertz CT molecular complexity index is 1330. The average molecular weight is 441 g/mol. The molecule has 5 rings (SSSR count). The molecule has 0 atom stereocenters. The van der Waals surface area contributed by atoms with E-state index in [-0.39, 0.29) is 0 Å². The van der Waals surface area contributed by atoms with Crippen LogP contribution in [0.4, 0.5) is 5.69 Å². The fourth-order valence-electron chi connectivity index (χ4n) is 4.52. The molecule has 168 valence electrons. The summed E-state index contributed by atoms with van der Waals surface area (Å²) in [6, 6.07) is 12.3. The lowest BCUT2D eigenvalue weighted by molar-refractivity contribution is 0.0999. The zero-order valence-corrected chi connectivity index (χ0v) is 19.2. The number of primary amides is 1. The molecule has 1 fully saturated rings. The second-order valence-electron chi connectivity index (χ2n) is 8.77. The van der Waals surface area contributed by atoms with Crippen LogP contribution in [0.1, 0.15) is 21.5 Å². The van der Waals surface area contributed by atoms with Crippen LogP contribution in [0.2, 0.25) is 0 Å². The SMILES string of the molecule is Cc1c(C(N)=O)ccc(-c2c[nH]c3ncc(-c4ccc(N5CCN(C)CC5)cc4)nc23)c1C. The van der Waals surface area contributed by atoms with Crippen LogP contribution in [0.25, 0.3) is 33.5 Å². The van der Waals surface area contributed by atoms with Gasteiger partial charge in [-0.25, -0.2) is 9.97 Å². The second kappa shape index (κ2) is 8.33. The lowest BCUT2D eigenvalue weighted by Gasteiger charge is -2.34. The number of rotatable bonds is 4. The third-order valence-electron chi connectivity index (χ3n) is 6.76. The van der Waals surface area contributed by atoms with E-state index in [2.05, 4.69) is 51.1 Å². The predicted molar refractivity (Wildman–Crippen MR) is 132 cm³/mol. The average Bonchev–Trinajstić information content (AvgIpc) is 3.24. The Morgan fingerprint density at radius 2 is 1.70 bits per heavy atom. The number of anilines is 1. The first-order chi connectivity index (χ1) is 15.9. The molecule has 7 heteroatoms. The van der Waals surface area contributed by atoms with E-state index in [1.165, 1.54) is 5.69 Å². The molecule has 0 spiro atoms. The minimum absolute atomic E-state index is 0.414. The minimum atomic E-state index is -0.414. The maximum Gasteiger partial charge on any atom is 0.248 e. The van der Waals surface area contributed by atoms with E-state index < -0.39 is 5.91 Å². The number of nitrogens with one attached hydrogen (secondary N) is 1. The number of aromatic amines is 1. The monoisotopic (exact) mass is 440 g/mol. The summed E-state index contributed by atoms with van der Waals surface area (Å²) in [5.41, 5.74) is 14.6. The molecule has 7 nitrogen and oxygen atoms in total. The molecule has 3 N–H and O–H groups in total. The Labute approximate surface area is 193 Å². The number of aromatic nitrogens is 3. The van der Waals surface area contributed by atoms with Gasteiger partial charge in [0.25, 0.3) is 0 Å². The van der Waals surface area contributed by atoms with E-state index >= 15 is 0 Å². The number of fused-ring (bicyclic) bond motifs is 1. The zero-order valence-electron chi connectivity index (χ0n) is 19.2. The molecule has 3 heterocycles. The van der Waals surface area contributed by atoms with Gasteiger partial charge in [-0.05, 0) is 55.8 Å². The summed E-state index contributed by atoms with van der Waals surface area (Å²) in [6.45, 7) is 8.18. The number of carbonyl (C=O) groups excluding carboxylic acids is 1.